The van der Waals surface area contributed by atoms with Gasteiger partial charge in [0.25, 0.3) is 0 Å². The summed E-state index contributed by atoms with van der Waals surface area (Å²) in [6.45, 7) is 0. The minimum Gasteiger partial charge on any atom is -0.480 e. The van der Waals surface area contributed by atoms with Crippen LogP contribution in [0.3, 0.4) is 0 Å². The zero-order valence-corrected chi connectivity index (χ0v) is 23.0. The van der Waals surface area contributed by atoms with E-state index in [1.807, 2.05) is 11.9 Å². The molecule has 1 aliphatic carbocycles. The fourth-order valence-electron chi connectivity index (χ4n) is 5.40. The Balaban J connectivity index is 1.47. The molecule has 42 heavy (non-hydrogen) atoms. The number of carbonyl (C=O) groups is 1. The van der Waals surface area contributed by atoms with Gasteiger partial charge in [-0.15, -0.1) is 0 Å². The predicted molar refractivity (Wildman–Crippen MR) is 153 cm³/mol. The van der Waals surface area contributed by atoms with E-state index in [0.29, 0.717) is 17.1 Å². The highest BCUT2D eigenvalue weighted by molar-refractivity contribution is 5.82. The molecule has 2 N–H and O–H groups in total. The zero-order chi connectivity index (χ0) is 29.8. The van der Waals surface area contributed by atoms with Gasteiger partial charge in [-0.2, -0.15) is 4.98 Å². The fraction of sp³-hybridized carbons (Fsp3) is 0.281. The van der Waals surface area contributed by atoms with Crippen LogP contribution >= 0.6 is 0 Å². The highest BCUT2D eigenvalue weighted by Gasteiger charge is 2.26. The van der Waals surface area contributed by atoms with Gasteiger partial charge >= 0.3 is 5.97 Å². The maximum atomic E-state index is 14.8. The van der Waals surface area contributed by atoms with Crippen LogP contribution in [0.15, 0.2) is 66.9 Å². The van der Waals surface area contributed by atoms with E-state index in [9.17, 15) is 27.5 Å². The van der Waals surface area contributed by atoms with Crippen molar-refractivity contribution in [3.63, 3.8) is 0 Å². The molecule has 0 saturated heterocycles. The van der Waals surface area contributed by atoms with Gasteiger partial charge in [-0.05, 0) is 48.2 Å². The van der Waals surface area contributed by atoms with Gasteiger partial charge in [-0.1, -0.05) is 55.7 Å². The first kappa shape index (κ1) is 29.0. The van der Waals surface area contributed by atoms with Crippen LogP contribution in [-0.4, -0.2) is 40.2 Å². The summed E-state index contributed by atoms with van der Waals surface area (Å²) in [5, 5.41) is 13.0. The third kappa shape index (κ3) is 6.22. The lowest BCUT2D eigenvalue weighted by Gasteiger charge is -2.31. The van der Waals surface area contributed by atoms with Crippen LogP contribution < -0.4 is 10.2 Å². The fourth-order valence-corrected chi connectivity index (χ4v) is 5.40. The van der Waals surface area contributed by atoms with Gasteiger partial charge in [0.05, 0.1) is 11.1 Å². The summed E-state index contributed by atoms with van der Waals surface area (Å²) in [4.78, 5) is 23.3. The van der Waals surface area contributed by atoms with Gasteiger partial charge in [0, 0.05) is 31.3 Å². The molecule has 1 saturated carbocycles. The highest BCUT2D eigenvalue weighted by Crippen LogP contribution is 2.34. The topological polar surface area (TPSA) is 78.4 Å². The van der Waals surface area contributed by atoms with E-state index in [2.05, 4.69) is 15.3 Å². The molecule has 1 atom stereocenters. The molecule has 0 aliphatic heterocycles. The Labute approximate surface area is 241 Å². The molecule has 1 fully saturated rings. The third-order valence-corrected chi connectivity index (χ3v) is 7.70. The smallest absolute Gasteiger partial charge is 0.326 e. The normalized spacial score (nSPS) is 14.4. The van der Waals surface area contributed by atoms with Crippen molar-refractivity contribution in [2.24, 2.45) is 0 Å². The number of carboxylic acid groups (broad SMARTS) is 1. The predicted octanol–water partition coefficient (Wildman–Crippen LogP) is 7.24. The number of halogens is 4. The summed E-state index contributed by atoms with van der Waals surface area (Å²) in [7, 11) is 1.85. The van der Waals surface area contributed by atoms with Crippen LogP contribution in [0.25, 0.3) is 22.3 Å². The van der Waals surface area contributed by atoms with Crippen molar-refractivity contribution in [1.29, 1.82) is 0 Å². The van der Waals surface area contributed by atoms with Crippen LogP contribution in [-0.2, 0) is 11.2 Å². The van der Waals surface area contributed by atoms with Crippen LogP contribution in [0.1, 0.15) is 37.7 Å². The van der Waals surface area contributed by atoms with Crippen molar-refractivity contribution < 1.29 is 27.5 Å². The van der Waals surface area contributed by atoms with E-state index >= 15 is 0 Å². The molecular formula is C32H30F4N4O2. The Hall–Kier alpha value is -4.47. The first-order valence-corrected chi connectivity index (χ1v) is 13.8. The molecule has 6 nitrogen and oxygen atoms in total. The number of hydrogen-bond acceptors (Lipinski definition) is 5. The molecule has 1 aromatic heterocycles. The Morgan fingerprint density at radius 1 is 0.905 bits per heavy atom. The second-order valence-electron chi connectivity index (χ2n) is 10.5. The Bertz CT molecular complexity index is 1540. The number of rotatable bonds is 9. The molecule has 4 aromatic rings. The lowest BCUT2D eigenvalue weighted by atomic mass is 9.95. The first-order chi connectivity index (χ1) is 20.2. The number of anilines is 2. The monoisotopic (exact) mass is 578 g/mol. The Kier molecular flexibility index (Phi) is 8.70. The average Bonchev–Trinajstić information content (AvgIpc) is 2.98. The molecule has 1 aliphatic rings. The zero-order valence-electron chi connectivity index (χ0n) is 23.0. The van der Waals surface area contributed by atoms with Crippen LogP contribution in [0, 0.1) is 23.3 Å². The number of aliphatic carboxylic acids is 1. The Morgan fingerprint density at radius 2 is 1.48 bits per heavy atom. The summed E-state index contributed by atoms with van der Waals surface area (Å²) >= 11 is 0. The minimum absolute atomic E-state index is 0.0111. The van der Waals surface area contributed by atoms with Gasteiger partial charge < -0.3 is 15.3 Å². The number of aromatic nitrogens is 2. The summed E-state index contributed by atoms with van der Waals surface area (Å²) in [6, 6.07) is 12.2. The lowest BCUT2D eigenvalue weighted by Crippen LogP contribution is -2.35. The standard InChI is InChI=1S/C32H30F4N4O2/c1-40(21-7-3-2-4-8-21)32-37-18-22(29-25(35)11-6-12-26(29)36)30(39-32)38-27(31(41)42)17-19-13-15-20(16-14-19)28-23(33)9-5-10-24(28)34/h5-6,9-16,18,21,27H,2-4,7-8,17H2,1H3,(H,41,42)(H,37,38,39)/t27-/m0/s1. The van der Waals surface area contributed by atoms with Gasteiger partial charge in [-0.25, -0.2) is 27.3 Å². The first-order valence-electron chi connectivity index (χ1n) is 13.8. The molecule has 0 unspecified atom stereocenters. The highest BCUT2D eigenvalue weighted by atomic mass is 19.1. The number of nitrogens with one attached hydrogen (secondary N) is 1. The number of hydrogen-bond donors (Lipinski definition) is 2. The van der Waals surface area contributed by atoms with E-state index in [0.717, 1.165) is 56.4 Å². The third-order valence-electron chi connectivity index (χ3n) is 7.70. The van der Waals surface area contributed by atoms with Crippen molar-refractivity contribution in [1.82, 2.24) is 9.97 Å². The van der Waals surface area contributed by atoms with Gasteiger partial charge in [0.2, 0.25) is 5.95 Å². The molecule has 10 heteroatoms. The van der Waals surface area contributed by atoms with Crippen molar-refractivity contribution >= 4 is 17.7 Å². The molecule has 5 rings (SSSR count). The van der Waals surface area contributed by atoms with Crippen molar-refractivity contribution in [2.45, 2.75) is 50.6 Å². The van der Waals surface area contributed by atoms with Crippen LogP contribution in [0.2, 0.25) is 0 Å². The number of benzene rings is 3. The molecule has 0 spiro atoms. The van der Waals surface area contributed by atoms with Crippen molar-refractivity contribution in [3.05, 3.63) is 95.7 Å². The average molecular weight is 579 g/mol. The van der Waals surface area contributed by atoms with Gasteiger partial charge in [-0.3, -0.25) is 0 Å². The number of nitrogens with zero attached hydrogens (tertiary/aromatic N) is 3. The van der Waals surface area contributed by atoms with E-state index < -0.39 is 35.3 Å². The number of carboxylic acids is 1. The Morgan fingerprint density at radius 3 is 2.05 bits per heavy atom. The molecule has 218 valence electrons. The summed E-state index contributed by atoms with van der Waals surface area (Å²) in [5.41, 5.74) is 0.305. The summed E-state index contributed by atoms with van der Waals surface area (Å²) < 4.78 is 58.2. The molecule has 1 heterocycles. The van der Waals surface area contributed by atoms with E-state index in [4.69, 9.17) is 0 Å². The molecule has 3 aromatic carbocycles. The maximum Gasteiger partial charge on any atom is 0.326 e. The van der Waals surface area contributed by atoms with E-state index in [1.54, 1.807) is 12.1 Å². The quantitative estimate of drug-likeness (QED) is 0.204. The SMILES string of the molecule is CN(c1ncc(-c2c(F)cccc2F)c(N[C@@H](Cc2ccc(-c3c(F)cccc3F)cc2)C(=O)O)n1)C1CCCCC1. The maximum absolute atomic E-state index is 14.8. The molecular weight excluding hydrogens is 548 g/mol. The molecule has 0 radical (unpaired) electrons. The van der Waals surface area contributed by atoms with Gasteiger partial charge in [0.1, 0.15) is 35.1 Å². The molecule has 0 bridgehead atoms. The summed E-state index contributed by atoms with van der Waals surface area (Å²) in [6.07, 6.45) is 6.46. The minimum atomic E-state index is -1.25. The van der Waals surface area contributed by atoms with Crippen LogP contribution in [0.4, 0.5) is 29.3 Å². The van der Waals surface area contributed by atoms with Crippen molar-refractivity contribution in [3.8, 4) is 22.3 Å². The second-order valence-corrected chi connectivity index (χ2v) is 10.5. The van der Waals surface area contributed by atoms with E-state index in [-0.39, 0.29) is 35.0 Å². The largest absolute Gasteiger partial charge is 0.480 e. The lowest BCUT2D eigenvalue weighted by molar-refractivity contribution is -0.137. The molecule has 0 amide bonds. The van der Waals surface area contributed by atoms with E-state index in [1.165, 1.54) is 30.5 Å². The second kappa shape index (κ2) is 12.6. The summed E-state index contributed by atoms with van der Waals surface area (Å²) in [5.74, 6) is -4.03. The van der Waals surface area contributed by atoms with Gasteiger partial charge in [0.15, 0.2) is 0 Å². The van der Waals surface area contributed by atoms with Crippen molar-refractivity contribution in [2.75, 3.05) is 17.3 Å². The van der Waals surface area contributed by atoms with Crippen LogP contribution in [0.5, 0.6) is 0 Å².